The molecule has 0 unspecified atom stereocenters. The van der Waals surface area contributed by atoms with E-state index in [2.05, 4.69) is 4.98 Å². The Morgan fingerprint density at radius 2 is 1.90 bits per heavy atom. The highest BCUT2D eigenvalue weighted by atomic mass is 35.5. The smallest absolute Gasteiger partial charge is 0.129 e. The van der Waals surface area contributed by atoms with Crippen LogP contribution in [0.1, 0.15) is 5.56 Å². The van der Waals surface area contributed by atoms with E-state index in [9.17, 15) is 0 Å². The molecule has 0 spiro atoms. The molecule has 3 nitrogen and oxygen atoms in total. The zero-order valence-corrected chi connectivity index (χ0v) is 12.5. The number of anilines is 1. The number of rotatable bonds is 3. The van der Waals surface area contributed by atoms with Gasteiger partial charge < -0.3 is 10.5 Å². The number of hydrogen-bond donors (Lipinski definition) is 1. The monoisotopic (exact) mass is 318 g/mol. The van der Waals surface area contributed by atoms with Crippen molar-refractivity contribution in [1.29, 1.82) is 0 Å². The molecular formula is C16H12Cl2N2O. The third kappa shape index (κ3) is 2.89. The summed E-state index contributed by atoms with van der Waals surface area (Å²) in [5.74, 6) is 0.735. The Morgan fingerprint density at radius 3 is 2.71 bits per heavy atom. The van der Waals surface area contributed by atoms with Crippen molar-refractivity contribution in [3.63, 3.8) is 0 Å². The standard InChI is InChI=1S/C16H12Cl2N2O/c17-12-4-3-10(8-13(12)18)9-21-15-6-5-14(19)16-11(15)2-1-7-20-16/h1-8H,9,19H2. The van der Waals surface area contributed by atoms with Gasteiger partial charge in [0, 0.05) is 11.6 Å². The zero-order valence-electron chi connectivity index (χ0n) is 11.0. The molecule has 0 fully saturated rings. The van der Waals surface area contributed by atoms with E-state index in [0.717, 1.165) is 22.2 Å². The number of ether oxygens (including phenoxy) is 1. The number of benzene rings is 2. The van der Waals surface area contributed by atoms with Crippen LogP contribution in [-0.2, 0) is 6.61 Å². The van der Waals surface area contributed by atoms with Gasteiger partial charge in [0.25, 0.3) is 0 Å². The lowest BCUT2D eigenvalue weighted by atomic mass is 10.1. The fraction of sp³-hybridized carbons (Fsp3) is 0.0625. The van der Waals surface area contributed by atoms with Crippen LogP contribution in [0.25, 0.3) is 10.9 Å². The van der Waals surface area contributed by atoms with E-state index in [-0.39, 0.29) is 0 Å². The number of nitrogens with zero attached hydrogens (tertiary/aromatic N) is 1. The summed E-state index contributed by atoms with van der Waals surface area (Å²) in [5, 5.41) is 1.93. The van der Waals surface area contributed by atoms with Gasteiger partial charge in [0.1, 0.15) is 12.4 Å². The van der Waals surface area contributed by atoms with Crippen molar-refractivity contribution in [3.05, 3.63) is 64.3 Å². The van der Waals surface area contributed by atoms with Gasteiger partial charge in [-0.1, -0.05) is 29.3 Å². The van der Waals surface area contributed by atoms with Crippen molar-refractivity contribution in [2.45, 2.75) is 6.61 Å². The van der Waals surface area contributed by atoms with Crippen molar-refractivity contribution in [2.24, 2.45) is 0 Å². The first-order valence-corrected chi connectivity index (χ1v) is 7.10. The molecule has 0 saturated heterocycles. The summed E-state index contributed by atoms with van der Waals surface area (Å²) in [6, 6.07) is 12.9. The third-order valence-electron chi connectivity index (χ3n) is 3.14. The second kappa shape index (κ2) is 5.80. The van der Waals surface area contributed by atoms with Gasteiger partial charge in [-0.2, -0.15) is 0 Å². The van der Waals surface area contributed by atoms with Crippen LogP contribution in [0.4, 0.5) is 5.69 Å². The first-order valence-electron chi connectivity index (χ1n) is 6.35. The Bertz CT molecular complexity index is 805. The van der Waals surface area contributed by atoms with E-state index in [1.807, 2.05) is 24.3 Å². The van der Waals surface area contributed by atoms with Gasteiger partial charge in [-0.25, -0.2) is 0 Å². The van der Waals surface area contributed by atoms with Gasteiger partial charge in [-0.15, -0.1) is 0 Å². The predicted octanol–water partition coefficient (Wildman–Crippen LogP) is 4.70. The van der Waals surface area contributed by atoms with Crippen molar-refractivity contribution in [1.82, 2.24) is 4.98 Å². The van der Waals surface area contributed by atoms with Gasteiger partial charge >= 0.3 is 0 Å². The molecule has 5 heteroatoms. The van der Waals surface area contributed by atoms with Gasteiger partial charge in [-0.05, 0) is 42.0 Å². The lowest BCUT2D eigenvalue weighted by Gasteiger charge is -2.10. The summed E-state index contributed by atoms with van der Waals surface area (Å²) in [5.41, 5.74) is 8.23. The third-order valence-corrected chi connectivity index (χ3v) is 3.88. The van der Waals surface area contributed by atoms with Gasteiger partial charge in [0.05, 0.1) is 21.2 Å². The molecular weight excluding hydrogens is 307 g/mol. The molecule has 106 valence electrons. The normalized spacial score (nSPS) is 10.8. The number of pyridine rings is 1. The molecule has 0 amide bonds. The second-order valence-electron chi connectivity index (χ2n) is 4.59. The number of nitrogens with two attached hydrogens (primary N) is 1. The molecule has 1 heterocycles. The topological polar surface area (TPSA) is 48.1 Å². The Hall–Kier alpha value is -1.97. The summed E-state index contributed by atoms with van der Waals surface area (Å²) in [4.78, 5) is 4.28. The van der Waals surface area contributed by atoms with Crippen molar-refractivity contribution in [2.75, 3.05) is 5.73 Å². The van der Waals surface area contributed by atoms with Crippen LogP contribution >= 0.6 is 23.2 Å². The molecule has 0 aliphatic carbocycles. The van der Waals surface area contributed by atoms with Gasteiger partial charge in [-0.3, -0.25) is 4.98 Å². The molecule has 0 aliphatic heterocycles. The number of nitrogen functional groups attached to an aromatic ring is 1. The molecule has 2 aromatic carbocycles. The predicted molar refractivity (Wildman–Crippen MR) is 86.9 cm³/mol. The maximum atomic E-state index is 6.00. The van der Waals surface area contributed by atoms with E-state index >= 15 is 0 Å². The van der Waals surface area contributed by atoms with Crippen LogP contribution in [0.15, 0.2) is 48.7 Å². The lowest BCUT2D eigenvalue weighted by Crippen LogP contribution is -1.98. The molecule has 3 rings (SSSR count). The van der Waals surface area contributed by atoms with Crippen LogP contribution in [0.2, 0.25) is 10.0 Å². The van der Waals surface area contributed by atoms with Gasteiger partial charge in [0.2, 0.25) is 0 Å². The first-order chi connectivity index (χ1) is 10.1. The highest BCUT2D eigenvalue weighted by Gasteiger charge is 2.07. The fourth-order valence-corrected chi connectivity index (χ4v) is 2.41. The Kier molecular flexibility index (Phi) is 3.86. The largest absolute Gasteiger partial charge is 0.488 e. The fourth-order valence-electron chi connectivity index (χ4n) is 2.08. The molecule has 0 bridgehead atoms. The van der Waals surface area contributed by atoms with Crippen molar-refractivity contribution in [3.8, 4) is 5.75 Å². The van der Waals surface area contributed by atoms with Crippen molar-refractivity contribution >= 4 is 39.8 Å². The SMILES string of the molecule is Nc1ccc(OCc2ccc(Cl)c(Cl)c2)c2cccnc12. The second-order valence-corrected chi connectivity index (χ2v) is 5.40. The van der Waals surface area contributed by atoms with Crippen LogP contribution in [0, 0.1) is 0 Å². The molecule has 0 atom stereocenters. The summed E-state index contributed by atoms with van der Waals surface area (Å²) in [6.45, 7) is 0.394. The molecule has 1 aromatic heterocycles. The van der Waals surface area contributed by atoms with Crippen LogP contribution in [0.3, 0.4) is 0 Å². The number of aromatic nitrogens is 1. The number of halogens is 2. The Morgan fingerprint density at radius 1 is 1.05 bits per heavy atom. The van der Waals surface area contributed by atoms with E-state index in [1.54, 1.807) is 24.4 Å². The quantitative estimate of drug-likeness (QED) is 0.712. The van der Waals surface area contributed by atoms with E-state index in [1.165, 1.54) is 0 Å². The molecule has 3 aromatic rings. The summed E-state index contributed by atoms with van der Waals surface area (Å²) >= 11 is 11.9. The molecule has 21 heavy (non-hydrogen) atoms. The highest BCUT2D eigenvalue weighted by Crippen LogP contribution is 2.29. The Labute approximate surface area is 132 Å². The van der Waals surface area contributed by atoms with E-state index in [0.29, 0.717) is 22.3 Å². The zero-order chi connectivity index (χ0) is 14.8. The first kappa shape index (κ1) is 14.0. The summed E-state index contributed by atoms with van der Waals surface area (Å²) < 4.78 is 5.86. The minimum absolute atomic E-state index is 0.394. The van der Waals surface area contributed by atoms with E-state index < -0.39 is 0 Å². The van der Waals surface area contributed by atoms with Crippen LogP contribution in [-0.4, -0.2) is 4.98 Å². The van der Waals surface area contributed by atoms with Crippen molar-refractivity contribution < 1.29 is 4.74 Å². The minimum atomic E-state index is 0.394. The van der Waals surface area contributed by atoms with E-state index in [4.69, 9.17) is 33.7 Å². The van der Waals surface area contributed by atoms with Crippen LogP contribution < -0.4 is 10.5 Å². The Balaban J connectivity index is 1.88. The number of hydrogen-bond acceptors (Lipinski definition) is 3. The average molecular weight is 319 g/mol. The van der Waals surface area contributed by atoms with Crippen LogP contribution in [0.5, 0.6) is 5.75 Å². The molecule has 2 N–H and O–H groups in total. The highest BCUT2D eigenvalue weighted by molar-refractivity contribution is 6.42. The molecule has 0 saturated carbocycles. The van der Waals surface area contributed by atoms with Gasteiger partial charge in [0.15, 0.2) is 0 Å². The lowest BCUT2D eigenvalue weighted by molar-refractivity contribution is 0.310. The number of fused-ring (bicyclic) bond motifs is 1. The summed E-state index contributed by atoms with van der Waals surface area (Å²) in [7, 11) is 0. The molecule has 0 aliphatic rings. The maximum Gasteiger partial charge on any atom is 0.129 e. The average Bonchev–Trinajstić information content (AvgIpc) is 2.50. The maximum absolute atomic E-state index is 6.00. The summed E-state index contributed by atoms with van der Waals surface area (Å²) in [6.07, 6.45) is 1.71. The minimum Gasteiger partial charge on any atom is -0.488 e. The molecule has 0 radical (unpaired) electrons.